The number of nitrogens with zero attached hydrogens (tertiary/aromatic N) is 1. The maximum Gasteiger partial charge on any atom is 0.315 e. The van der Waals surface area contributed by atoms with Gasteiger partial charge in [0.25, 0.3) is 0 Å². The summed E-state index contributed by atoms with van der Waals surface area (Å²) in [5.41, 5.74) is 0.773. The minimum atomic E-state index is -0.320. The number of carbonyl (C=O) groups excluding carboxylic acids is 2. The number of nitrogens with one attached hydrogen (secondary N) is 2. The zero-order chi connectivity index (χ0) is 15.2. The third-order valence-electron chi connectivity index (χ3n) is 3.22. The molecule has 0 aromatic heterocycles. The highest BCUT2D eigenvalue weighted by atomic mass is 35.5. The largest absolute Gasteiger partial charge is 0.396 e. The lowest BCUT2D eigenvalue weighted by molar-refractivity contribution is -0.117. The van der Waals surface area contributed by atoms with Crippen molar-refractivity contribution in [2.75, 3.05) is 24.6 Å². The van der Waals surface area contributed by atoms with Crippen molar-refractivity contribution in [2.24, 2.45) is 0 Å². The molecule has 114 valence electrons. The van der Waals surface area contributed by atoms with Gasteiger partial charge in [0, 0.05) is 36.8 Å². The monoisotopic (exact) mass is 311 g/mol. The molecule has 0 aliphatic carbocycles. The van der Waals surface area contributed by atoms with Gasteiger partial charge in [-0.1, -0.05) is 11.6 Å². The quantitative estimate of drug-likeness (QED) is 0.713. The van der Waals surface area contributed by atoms with Crippen molar-refractivity contribution in [3.05, 3.63) is 29.3 Å². The molecule has 0 radical (unpaired) electrons. The lowest BCUT2D eigenvalue weighted by atomic mass is 10.2. The van der Waals surface area contributed by atoms with Crippen LogP contribution in [0.5, 0.6) is 0 Å². The SMILES string of the molecule is O=C(NCCCO)NC1CC(=O)N(c2ccc(Cl)cc2)C1. The van der Waals surface area contributed by atoms with Crippen LogP contribution in [0.1, 0.15) is 12.8 Å². The number of anilines is 1. The number of urea groups is 1. The molecule has 3 amide bonds. The summed E-state index contributed by atoms with van der Waals surface area (Å²) in [7, 11) is 0. The van der Waals surface area contributed by atoms with Gasteiger partial charge in [-0.15, -0.1) is 0 Å². The van der Waals surface area contributed by atoms with Crippen molar-refractivity contribution in [1.29, 1.82) is 0 Å². The summed E-state index contributed by atoms with van der Waals surface area (Å²) in [4.78, 5) is 25.3. The standard InChI is InChI=1S/C14H18ClN3O3/c15-10-2-4-12(5-3-10)18-9-11(8-13(18)20)17-14(21)16-6-1-7-19/h2-5,11,19H,1,6-9H2,(H2,16,17,21). The van der Waals surface area contributed by atoms with Gasteiger partial charge in [0.1, 0.15) is 0 Å². The van der Waals surface area contributed by atoms with Crippen LogP contribution in [-0.4, -0.2) is 42.8 Å². The highest BCUT2D eigenvalue weighted by molar-refractivity contribution is 6.30. The Balaban J connectivity index is 1.87. The Morgan fingerprint density at radius 2 is 2.10 bits per heavy atom. The molecule has 2 rings (SSSR count). The molecule has 0 spiro atoms. The van der Waals surface area contributed by atoms with E-state index in [0.29, 0.717) is 24.5 Å². The van der Waals surface area contributed by atoms with E-state index in [4.69, 9.17) is 16.7 Å². The molecule has 0 saturated carbocycles. The van der Waals surface area contributed by atoms with E-state index < -0.39 is 0 Å². The minimum Gasteiger partial charge on any atom is -0.396 e. The zero-order valence-corrected chi connectivity index (χ0v) is 12.3. The van der Waals surface area contributed by atoms with E-state index in [0.717, 1.165) is 5.69 Å². The van der Waals surface area contributed by atoms with E-state index in [1.54, 1.807) is 29.2 Å². The topological polar surface area (TPSA) is 81.7 Å². The zero-order valence-electron chi connectivity index (χ0n) is 11.5. The van der Waals surface area contributed by atoms with Crippen LogP contribution in [0.2, 0.25) is 5.02 Å². The summed E-state index contributed by atoms with van der Waals surface area (Å²) in [6, 6.07) is 6.48. The van der Waals surface area contributed by atoms with E-state index in [1.807, 2.05) is 0 Å². The Hall–Kier alpha value is -1.79. The van der Waals surface area contributed by atoms with Gasteiger partial charge in [-0.25, -0.2) is 4.79 Å². The second kappa shape index (κ2) is 7.28. The van der Waals surface area contributed by atoms with Crippen LogP contribution in [0.4, 0.5) is 10.5 Å². The molecular weight excluding hydrogens is 294 g/mol. The van der Waals surface area contributed by atoms with Gasteiger partial charge >= 0.3 is 6.03 Å². The summed E-state index contributed by atoms with van der Waals surface area (Å²) < 4.78 is 0. The van der Waals surface area contributed by atoms with Crippen molar-refractivity contribution in [2.45, 2.75) is 18.9 Å². The Bertz CT molecular complexity index is 507. The smallest absolute Gasteiger partial charge is 0.315 e. The number of rotatable bonds is 5. The Labute approximate surface area is 128 Å². The van der Waals surface area contributed by atoms with E-state index in [-0.39, 0.29) is 31.0 Å². The number of aliphatic hydroxyl groups excluding tert-OH is 1. The third kappa shape index (κ3) is 4.34. The number of halogens is 1. The molecule has 0 bridgehead atoms. The Kier molecular flexibility index (Phi) is 5.41. The van der Waals surface area contributed by atoms with Crippen LogP contribution in [0.25, 0.3) is 0 Å². The summed E-state index contributed by atoms with van der Waals surface area (Å²) in [5, 5.41) is 14.6. The van der Waals surface area contributed by atoms with Gasteiger partial charge in [0.15, 0.2) is 0 Å². The van der Waals surface area contributed by atoms with E-state index in [9.17, 15) is 9.59 Å². The molecule has 1 aromatic rings. The molecule has 1 aliphatic heterocycles. The first-order valence-electron chi connectivity index (χ1n) is 6.81. The number of hydrogen-bond donors (Lipinski definition) is 3. The number of hydrogen-bond acceptors (Lipinski definition) is 3. The predicted octanol–water partition coefficient (Wildman–Crippen LogP) is 1.13. The van der Waals surface area contributed by atoms with Gasteiger partial charge in [-0.05, 0) is 30.7 Å². The fraction of sp³-hybridized carbons (Fsp3) is 0.429. The summed E-state index contributed by atoms with van der Waals surface area (Å²) >= 11 is 5.83. The molecule has 21 heavy (non-hydrogen) atoms. The van der Waals surface area contributed by atoms with E-state index >= 15 is 0 Å². The predicted molar refractivity (Wildman–Crippen MR) is 80.4 cm³/mol. The van der Waals surface area contributed by atoms with Crippen LogP contribution >= 0.6 is 11.6 Å². The molecule has 7 heteroatoms. The molecule has 1 heterocycles. The first-order chi connectivity index (χ1) is 10.1. The maximum absolute atomic E-state index is 12.0. The van der Waals surface area contributed by atoms with Gasteiger partial charge in [0.05, 0.1) is 6.04 Å². The minimum absolute atomic E-state index is 0.0296. The Morgan fingerprint density at radius 3 is 2.76 bits per heavy atom. The lowest BCUT2D eigenvalue weighted by Crippen LogP contribution is -2.43. The highest BCUT2D eigenvalue weighted by Crippen LogP contribution is 2.23. The molecule has 1 unspecified atom stereocenters. The van der Waals surface area contributed by atoms with Crippen LogP contribution in [0, 0.1) is 0 Å². The first-order valence-corrected chi connectivity index (χ1v) is 7.19. The number of aliphatic hydroxyl groups is 1. The molecule has 1 aliphatic rings. The second-order valence-electron chi connectivity index (χ2n) is 4.86. The van der Waals surface area contributed by atoms with Crippen LogP contribution in [0.15, 0.2) is 24.3 Å². The average molecular weight is 312 g/mol. The van der Waals surface area contributed by atoms with Gasteiger partial charge in [-0.3, -0.25) is 4.79 Å². The van der Waals surface area contributed by atoms with Gasteiger partial charge < -0.3 is 20.6 Å². The van der Waals surface area contributed by atoms with E-state index in [1.165, 1.54) is 0 Å². The first kappa shape index (κ1) is 15.6. The van der Waals surface area contributed by atoms with Crippen LogP contribution < -0.4 is 15.5 Å². The van der Waals surface area contributed by atoms with E-state index in [2.05, 4.69) is 10.6 Å². The molecule has 1 fully saturated rings. The fourth-order valence-electron chi connectivity index (χ4n) is 2.19. The van der Waals surface area contributed by atoms with Crippen molar-refractivity contribution in [1.82, 2.24) is 10.6 Å². The lowest BCUT2D eigenvalue weighted by Gasteiger charge is -2.17. The summed E-state index contributed by atoms with van der Waals surface area (Å²) in [6.45, 7) is 0.879. The molecule has 1 atom stereocenters. The van der Waals surface area contributed by atoms with Crippen molar-refractivity contribution in [3.8, 4) is 0 Å². The van der Waals surface area contributed by atoms with Crippen molar-refractivity contribution < 1.29 is 14.7 Å². The summed E-state index contributed by atoms with van der Waals surface area (Å²) in [6.07, 6.45) is 0.782. The number of amides is 3. The molecule has 1 saturated heterocycles. The van der Waals surface area contributed by atoms with Crippen LogP contribution in [-0.2, 0) is 4.79 Å². The molecule has 6 nitrogen and oxygen atoms in total. The Morgan fingerprint density at radius 1 is 1.38 bits per heavy atom. The maximum atomic E-state index is 12.0. The normalized spacial score (nSPS) is 17.9. The molecule has 3 N–H and O–H groups in total. The molecule has 1 aromatic carbocycles. The fourth-order valence-corrected chi connectivity index (χ4v) is 2.32. The van der Waals surface area contributed by atoms with Crippen LogP contribution in [0.3, 0.4) is 0 Å². The third-order valence-corrected chi connectivity index (χ3v) is 3.47. The van der Waals surface area contributed by atoms with Gasteiger partial charge in [-0.2, -0.15) is 0 Å². The van der Waals surface area contributed by atoms with Crippen molar-refractivity contribution >= 4 is 29.2 Å². The number of carbonyl (C=O) groups is 2. The number of benzene rings is 1. The average Bonchev–Trinajstić information content (AvgIpc) is 2.80. The van der Waals surface area contributed by atoms with Gasteiger partial charge in [0.2, 0.25) is 5.91 Å². The summed E-state index contributed by atoms with van der Waals surface area (Å²) in [5.74, 6) is -0.0296. The van der Waals surface area contributed by atoms with Crippen molar-refractivity contribution in [3.63, 3.8) is 0 Å². The second-order valence-corrected chi connectivity index (χ2v) is 5.30. The molecular formula is C14H18ClN3O3. The highest BCUT2D eigenvalue weighted by Gasteiger charge is 2.31.